The van der Waals surface area contributed by atoms with Gasteiger partial charge >= 0.3 is 0 Å². The Kier molecular flexibility index (Phi) is 7.28. The van der Waals surface area contributed by atoms with Gasteiger partial charge in [0.15, 0.2) is 0 Å². The van der Waals surface area contributed by atoms with Crippen molar-refractivity contribution in [1.82, 2.24) is 10.2 Å². The van der Waals surface area contributed by atoms with Crippen molar-refractivity contribution in [3.05, 3.63) is 0 Å². The third-order valence-electron chi connectivity index (χ3n) is 3.65. The molecule has 1 amide bonds. The van der Waals surface area contributed by atoms with E-state index in [0.29, 0.717) is 18.6 Å². The Bertz CT molecular complexity index is 237. The van der Waals surface area contributed by atoms with Gasteiger partial charge < -0.3 is 11.1 Å². The molecule has 1 atom stereocenters. The summed E-state index contributed by atoms with van der Waals surface area (Å²) in [6.45, 7) is 6.74. The molecule has 1 heterocycles. The number of carbonyl (C=O) groups is 1. The fraction of sp³-hybridized carbons (Fsp3) is 0.929. The van der Waals surface area contributed by atoms with Gasteiger partial charge in [-0.3, -0.25) is 9.69 Å². The summed E-state index contributed by atoms with van der Waals surface area (Å²) in [5.74, 6) is 0.162. The first kappa shape index (κ1) is 15.4. The van der Waals surface area contributed by atoms with Gasteiger partial charge in [0.2, 0.25) is 5.91 Å². The molecule has 0 spiro atoms. The van der Waals surface area contributed by atoms with Crippen molar-refractivity contribution < 1.29 is 4.79 Å². The van der Waals surface area contributed by atoms with Crippen LogP contribution in [0.15, 0.2) is 0 Å². The van der Waals surface area contributed by atoms with Crippen molar-refractivity contribution in [2.45, 2.75) is 64.5 Å². The van der Waals surface area contributed by atoms with E-state index in [2.05, 4.69) is 24.1 Å². The molecule has 1 aliphatic heterocycles. The summed E-state index contributed by atoms with van der Waals surface area (Å²) in [6, 6.07) is 0.633. The second-order valence-corrected chi connectivity index (χ2v) is 5.58. The standard InChI is InChI=1S/C14H29N3O/c1-3-4-5-6-12(2)16-14(18)11-17-9-7-13(15)8-10-17/h12-13H,3-11,15H2,1-2H3,(H,16,18). The third kappa shape index (κ3) is 6.36. The number of unbranched alkanes of at least 4 members (excludes halogenated alkanes) is 2. The van der Waals surface area contributed by atoms with Crippen molar-refractivity contribution >= 4 is 5.91 Å². The van der Waals surface area contributed by atoms with Crippen molar-refractivity contribution in [2.24, 2.45) is 5.73 Å². The second kappa shape index (κ2) is 8.48. The SMILES string of the molecule is CCCCCC(C)NC(=O)CN1CCC(N)CC1. The van der Waals surface area contributed by atoms with E-state index in [9.17, 15) is 4.79 Å². The normalized spacial score (nSPS) is 19.7. The zero-order valence-corrected chi connectivity index (χ0v) is 12.0. The van der Waals surface area contributed by atoms with Crippen LogP contribution >= 0.6 is 0 Å². The van der Waals surface area contributed by atoms with Crippen LogP contribution in [0.2, 0.25) is 0 Å². The van der Waals surface area contributed by atoms with Gasteiger partial charge in [-0.05, 0) is 26.2 Å². The van der Waals surface area contributed by atoms with Crippen molar-refractivity contribution in [1.29, 1.82) is 0 Å². The van der Waals surface area contributed by atoms with Gasteiger partial charge in [0.25, 0.3) is 0 Å². The number of rotatable bonds is 7. The molecule has 4 heteroatoms. The summed E-state index contributed by atoms with van der Waals surface area (Å²) >= 11 is 0. The lowest BCUT2D eigenvalue weighted by Gasteiger charge is -2.29. The molecule has 18 heavy (non-hydrogen) atoms. The molecule has 0 bridgehead atoms. The smallest absolute Gasteiger partial charge is 0.234 e. The minimum absolute atomic E-state index is 0.162. The molecule has 1 saturated heterocycles. The van der Waals surface area contributed by atoms with E-state index < -0.39 is 0 Å². The van der Waals surface area contributed by atoms with Crippen LogP contribution in [-0.2, 0) is 4.79 Å². The fourth-order valence-corrected chi connectivity index (χ4v) is 2.41. The molecular weight excluding hydrogens is 226 g/mol. The summed E-state index contributed by atoms with van der Waals surface area (Å²) in [4.78, 5) is 14.1. The number of hydrogen-bond donors (Lipinski definition) is 2. The topological polar surface area (TPSA) is 58.4 Å². The first-order chi connectivity index (χ1) is 8.61. The molecule has 106 valence electrons. The van der Waals surface area contributed by atoms with Gasteiger partial charge in [0, 0.05) is 25.2 Å². The Hall–Kier alpha value is -0.610. The molecule has 1 rings (SSSR count). The number of piperidine rings is 1. The first-order valence-electron chi connectivity index (χ1n) is 7.39. The molecule has 1 fully saturated rings. The quantitative estimate of drug-likeness (QED) is 0.678. The summed E-state index contributed by atoms with van der Waals surface area (Å²) in [5.41, 5.74) is 5.85. The van der Waals surface area contributed by atoms with Gasteiger partial charge in [-0.1, -0.05) is 26.2 Å². The maximum atomic E-state index is 11.9. The number of nitrogens with zero attached hydrogens (tertiary/aromatic N) is 1. The minimum Gasteiger partial charge on any atom is -0.353 e. The number of amides is 1. The summed E-state index contributed by atoms with van der Waals surface area (Å²) in [6.07, 6.45) is 6.80. The highest BCUT2D eigenvalue weighted by molar-refractivity contribution is 5.78. The Labute approximate surface area is 111 Å². The van der Waals surface area contributed by atoms with Gasteiger partial charge in [-0.25, -0.2) is 0 Å². The molecule has 0 aromatic carbocycles. The maximum absolute atomic E-state index is 11.9. The van der Waals surface area contributed by atoms with E-state index in [1.165, 1.54) is 19.3 Å². The van der Waals surface area contributed by atoms with Crippen LogP contribution in [0, 0.1) is 0 Å². The van der Waals surface area contributed by atoms with Crippen LogP contribution in [0.1, 0.15) is 52.4 Å². The van der Waals surface area contributed by atoms with E-state index >= 15 is 0 Å². The van der Waals surface area contributed by atoms with Gasteiger partial charge in [0.1, 0.15) is 0 Å². The number of nitrogens with one attached hydrogen (secondary N) is 1. The highest BCUT2D eigenvalue weighted by Gasteiger charge is 2.18. The van der Waals surface area contributed by atoms with Crippen molar-refractivity contribution in [3.8, 4) is 0 Å². The lowest BCUT2D eigenvalue weighted by atomic mass is 10.1. The lowest BCUT2D eigenvalue weighted by molar-refractivity contribution is -0.123. The van der Waals surface area contributed by atoms with Crippen LogP contribution < -0.4 is 11.1 Å². The highest BCUT2D eigenvalue weighted by atomic mass is 16.2. The fourth-order valence-electron chi connectivity index (χ4n) is 2.41. The first-order valence-corrected chi connectivity index (χ1v) is 7.39. The van der Waals surface area contributed by atoms with Crippen LogP contribution in [-0.4, -0.2) is 42.5 Å². The highest BCUT2D eigenvalue weighted by Crippen LogP contribution is 2.07. The number of likely N-dealkylation sites (tertiary alicyclic amines) is 1. The molecule has 1 aliphatic rings. The molecule has 0 aliphatic carbocycles. The van der Waals surface area contributed by atoms with E-state index in [4.69, 9.17) is 5.73 Å². The Balaban J connectivity index is 2.12. The molecule has 0 radical (unpaired) electrons. The average molecular weight is 255 g/mol. The van der Waals surface area contributed by atoms with Gasteiger partial charge in [-0.15, -0.1) is 0 Å². The molecule has 0 aromatic rings. The zero-order valence-electron chi connectivity index (χ0n) is 12.0. The van der Waals surface area contributed by atoms with Gasteiger partial charge in [-0.2, -0.15) is 0 Å². The summed E-state index contributed by atoms with van der Waals surface area (Å²) in [7, 11) is 0. The third-order valence-corrected chi connectivity index (χ3v) is 3.65. The molecule has 1 unspecified atom stereocenters. The lowest BCUT2D eigenvalue weighted by Crippen LogP contribution is -2.46. The largest absolute Gasteiger partial charge is 0.353 e. The van der Waals surface area contributed by atoms with E-state index in [-0.39, 0.29) is 5.91 Å². The number of hydrogen-bond acceptors (Lipinski definition) is 3. The number of nitrogens with two attached hydrogens (primary N) is 1. The van der Waals surface area contributed by atoms with E-state index in [1.54, 1.807) is 0 Å². The van der Waals surface area contributed by atoms with Gasteiger partial charge in [0.05, 0.1) is 6.54 Å². The molecule has 0 saturated carbocycles. The van der Waals surface area contributed by atoms with Crippen LogP contribution in [0.5, 0.6) is 0 Å². The Morgan fingerprint density at radius 2 is 2.06 bits per heavy atom. The minimum atomic E-state index is 0.162. The van der Waals surface area contributed by atoms with Crippen molar-refractivity contribution in [2.75, 3.05) is 19.6 Å². The number of carbonyl (C=O) groups excluding carboxylic acids is 1. The molecular formula is C14H29N3O. The zero-order chi connectivity index (χ0) is 13.4. The predicted molar refractivity (Wildman–Crippen MR) is 75.4 cm³/mol. The van der Waals surface area contributed by atoms with Crippen LogP contribution in [0.3, 0.4) is 0 Å². The molecule has 4 nitrogen and oxygen atoms in total. The van der Waals surface area contributed by atoms with Crippen LogP contribution in [0.4, 0.5) is 0 Å². The monoisotopic (exact) mass is 255 g/mol. The maximum Gasteiger partial charge on any atom is 0.234 e. The predicted octanol–water partition coefficient (Wildman–Crippen LogP) is 1.49. The summed E-state index contributed by atoms with van der Waals surface area (Å²) in [5, 5.41) is 3.09. The molecule has 3 N–H and O–H groups in total. The van der Waals surface area contributed by atoms with E-state index in [0.717, 1.165) is 32.4 Å². The Morgan fingerprint density at radius 3 is 2.67 bits per heavy atom. The van der Waals surface area contributed by atoms with E-state index in [1.807, 2.05) is 0 Å². The van der Waals surface area contributed by atoms with Crippen LogP contribution in [0.25, 0.3) is 0 Å². The second-order valence-electron chi connectivity index (χ2n) is 5.58. The Morgan fingerprint density at radius 1 is 1.39 bits per heavy atom. The molecule has 0 aromatic heterocycles. The van der Waals surface area contributed by atoms with Crippen molar-refractivity contribution in [3.63, 3.8) is 0 Å². The summed E-state index contributed by atoms with van der Waals surface area (Å²) < 4.78 is 0. The average Bonchev–Trinajstić information content (AvgIpc) is 2.32.